The van der Waals surface area contributed by atoms with Gasteiger partial charge in [-0.15, -0.1) is 0 Å². The second-order valence-electron chi connectivity index (χ2n) is 8.43. The monoisotopic (exact) mass is 453 g/mol. The highest BCUT2D eigenvalue weighted by Crippen LogP contribution is 2.32. The number of nitrogens with zero attached hydrogens (tertiary/aromatic N) is 1. The normalized spacial score (nSPS) is 22.6. The highest BCUT2D eigenvalue weighted by atomic mass is 16.5. The van der Waals surface area contributed by atoms with Crippen molar-refractivity contribution in [1.29, 1.82) is 0 Å². The number of likely N-dealkylation sites (tertiary alicyclic amines) is 1. The van der Waals surface area contributed by atoms with E-state index in [1.807, 2.05) is 29.2 Å². The zero-order chi connectivity index (χ0) is 23.4. The second-order valence-corrected chi connectivity index (χ2v) is 8.43. The molecular weight excluding hydrogens is 422 g/mol. The summed E-state index contributed by atoms with van der Waals surface area (Å²) in [5.41, 5.74) is 7.97. The van der Waals surface area contributed by atoms with Crippen LogP contribution in [0.3, 0.4) is 0 Å². The van der Waals surface area contributed by atoms with E-state index in [2.05, 4.69) is 10.9 Å². The number of ketones is 1. The minimum Gasteiger partial charge on any atom is -0.496 e. The number of nitrogens with one attached hydrogen (secondary N) is 2. The van der Waals surface area contributed by atoms with E-state index in [1.165, 1.54) is 0 Å². The van der Waals surface area contributed by atoms with Gasteiger partial charge in [-0.3, -0.25) is 9.59 Å². The van der Waals surface area contributed by atoms with Crippen molar-refractivity contribution in [3.8, 4) is 17.2 Å². The number of piperidine rings is 1. The Hall–Kier alpha value is -3.10. The number of hydrogen-bond acceptors (Lipinski definition) is 7. The fourth-order valence-electron chi connectivity index (χ4n) is 4.71. The van der Waals surface area contributed by atoms with Crippen LogP contribution in [0.4, 0.5) is 0 Å². The van der Waals surface area contributed by atoms with Crippen molar-refractivity contribution >= 4 is 11.7 Å². The molecule has 2 aliphatic rings. The molecule has 0 spiro atoms. The number of rotatable bonds is 7. The largest absolute Gasteiger partial charge is 0.496 e. The summed E-state index contributed by atoms with van der Waals surface area (Å²) in [6, 6.07) is 12.6. The molecule has 8 nitrogen and oxygen atoms in total. The highest BCUT2D eigenvalue weighted by Gasteiger charge is 2.37. The fourth-order valence-corrected chi connectivity index (χ4v) is 4.71. The number of Topliss-reactive ketones (excluding diaryl/α,β-unsaturated/α-hetero) is 1. The molecule has 0 aromatic heterocycles. The summed E-state index contributed by atoms with van der Waals surface area (Å²) in [6.45, 7) is 1.08. The third-order valence-corrected chi connectivity index (χ3v) is 6.49. The molecule has 2 saturated heterocycles. The molecule has 1 amide bonds. The molecule has 4 rings (SSSR count). The van der Waals surface area contributed by atoms with Crippen molar-refractivity contribution < 1.29 is 23.8 Å². The molecule has 2 aromatic carbocycles. The molecule has 2 aromatic rings. The smallest absolute Gasteiger partial charge is 0.241 e. The van der Waals surface area contributed by atoms with Crippen molar-refractivity contribution in [3.63, 3.8) is 0 Å². The van der Waals surface area contributed by atoms with Gasteiger partial charge in [-0.1, -0.05) is 18.2 Å². The Kier molecular flexibility index (Phi) is 7.15. The first-order chi connectivity index (χ1) is 16.0. The number of carbonyl (C=O) groups is 2. The van der Waals surface area contributed by atoms with Gasteiger partial charge in [-0.2, -0.15) is 0 Å². The van der Waals surface area contributed by atoms with Crippen LogP contribution < -0.4 is 25.1 Å². The minimum atomic E-state index is -0.352. The van der Waals surface area contributed by atoms with Crippen LogP contribution in [0, 0.1) is 5.92 Å². The zero-order valence-corrected chi connectivity index (χ0v) is 19.3. The molecule has 0 aliphatic carbocycles. The van der Waals surface area contributed by atoms with E-state index in [4.69, 9.17) is 14.2 Å². The van der Waals surface area contributed by atoms with Gasteiger partial charge in [-0.25, -0.2) is 10.9 Å². The third kappa shape index (κ3) is 4.82. The number of carbonyl (C=O) groups excluding carboxylic acids is 2. The Labute approximate surface area is 194 Å². The lowest BCUT2D eigenvalue weighted by Gasteiger charge is -2.33. The summed E-state index contributed by atoms with van der Waals surface area (Å²) in [6.07, 6.45) is 2.17. The van der Waals surface area contributed by atoms with Gasteiger partial charge in [0.15, 0.2) is 17.3 Å². The number of methoxy groups -OCH3 is 3. The van der Waals surface area contributed by atoms with Crippen LogP contribution in [-0.2, 0) is 4.79 Å². The molecular formula is C25H31N3O5. The van der Waals surface area contributed by atoms with E-state index in [9.17, 15) is 9.59 Å². The maximum Gasteiger partial charge on any atom is 0.241 e. The molecule has 2 aliphatic heterocycles. The molecule has 2 heterocycles. The number of benzene rings is 2. The standard InChI is InChI=1S/C25H31N3O5/c1-31-21-9-5-4-8-18(21)19-14-20(27-26-19)25(30)28-12-6-7-17(15-28)24(29)16-10-11-22(32-2)23(13-16)33-3/h4-5,8-11,13,17,19-20,26-27H,6-7,12,14-15H2,1-3H3. The van der Waals surface area contributed by atoms with Crippen LogP contribution in [0.2, 0.25) is 0 Å². The van der Waals surface area contributed by atoms with Crippen molar-refractivity contribution in [2.45, 2.75) is 31.3 Å². The topological polar surface area (TPSA) is 89.1 Å². The molecule has 33 heavy (non-hydrogen) atoms. The van der Waals surface area contributed by atoms with Crippen molar-refractivity contribution in [1.82, 2.24) is 15.8 Å². The summed E-state index contributed by atoms with van der Waals surface area (Å²) in [4.78, 5) is 28.3. The van der Waals surface area contributed by atoms with Crippen LogP contribution in [0.25, 0.3) is 0 Å². The fraction of sp³-hybridized carbons (Fsp3) is 0.440. The average molecular weight is 454 g/mol. The summed E-state index contributed by atoms with van der Waals surface area (Å²) >= 11 is 0. The lowest BCUT2D eigenvalue weighted by molar-refractivity contribution is -0.134. The SMILES string of the molecule is COc1ccc(C(=O)C2CCCN(C(=O)C3CC(c4ccccc4OC)NN3)C2)cc1OC. The number of ether oxygens (including phenoxy) is 3. The van der Waals surface area contributed by atoms with E-state index < -0.39 is 0 Å². The second kappa shape index (κ2) is 10.2. The van der Waals surface area contributed by atoms with Gasteiger partial charge in [0.05, 0.1) is 27.4 Å². The van der Waals surface area contributed by atoms with Gasteiger partial charge in [0.1, 0.15) is 11.8 Å². The van der Waals surface area contributed by atoms with Gasteiger partial charge in [0, 0.05) is 30.1 Å². The van der Waals surface area contributed by atoms with E-state index in [-0.39, 0.29) is 29.7 Å². The maximum atomic E-state index is 13.3. The third-order valence-electron chi connectivity index (χ3n) is 6.49. The van der Waals surface area contributed by atoms with Crippen LogP contribution in [0.15, 0.2) is 42.5 Å². The summed E-state index contributed by atoms with van der Waals surface area (Å²) in [5.74, 6) is 1.71. The molecule has 3 atom stereocenters. The lowest BCUT2D eigenvalue weighted by Crippen LogP contribution is -2.50. The predicted octanol–water partition coefficient (Wildman–Crippen LogP) is 2.74. The molecule has 3 unspecified atom stereocenters. The quantitative estimate of drug-likeness (QED) is 0.623. The molecule has 0 saturated carbocycles. The first-order valence-electron chi connectivity index (χ1n) is 11.2. The van der Waals surface area contributed by atoms with Gasteiger partial charge >= 0.3 is 0 Å². The van der Waals surface area contributed by atoms with Gasteiger partial charge in [-0.05, 0) is 43.5 Å². The lowest BCUT2D eigenvalue weighted by atomic mass is 9.89. The molecule has 8 heteroatoms. The Morgan fingerprint density at radius 3 is 2.45 bits per heavy atom. The van der Waals surface area contributed by atoms with E-state index in [1.54, 1.807) is 39.5 Å². The van der Waals surface area contributed by atoms with Crippen molar-refractivity contribution in [2.24, 2.45) is 5.92 Å². The number of para-hydroxylation sites is 1. The zero-order valence-electron chi connectivity index (χ0n) is 19.3. The van der Waals surface area contributed by atoms with Gasteiger partial charge < -0.3 is 19.1 Å². The van der Waals surface area contributed by atoms with Crippen molar-refractivity contribution in [2.75, 3.05) is 34.4 Å². The Morgan fingerprint density at radius 1 is 0.939 bits per heavy atom. The van der Waals surface area contributed by atoms with Gasteiger partial charge in [0.25, 0.3) is 0 Å². The molecule has 2 N–H and O–H groups in total. The van der Waals surface area contributed by atoms with E-state index in [0.29, 0.717) is 36.6 Å². The van der Waals surface area contributed by atoms with Crippen LogP contribution in [-0.4, -0.2) is 57.1 Å². The van der Waals surface area contributed by atoms with E-state index >= 15 is 0 Å². The maximum absolute atomic E-state index is 13.3. The predicted molar refractivity (Wildman–Crippen MR) is 124 cm³/mol. The molecule has 176 valence electrons. The number of amides is 1. The minimum absolute atomic E-state index is 0.0182. The molecule has 0 radical (unpaired) electrons. The molecule has 0 bridgehead atoms. The summed E-state index contributed by atoms with van der Waals surface area (Å²) in [5, 5.41) is 0. The Bertz CT molecular complexity index is 1010. The first-order valence-corrected chi connectivity index (χ1v) is 11.2. The van der Waals surface area contributed by atoms with Crippen LogP contribution in [0.1, 0.15) is 41.2 Å². The molecule has 2 fully saturated rings. The van der Waals surface area contributed by atoms with Crippen LogP contribution >= 0.6 is 0 Å². The van der Waals surface area contributed by atoms with Gasteiger partial charge in [0.2, 0.25) is 5.91 Å². The summed E-state index contributed by atoms with van der Waals surface area (Å²) < 4.78 is 16.1. The van der Waals surface area contributed by atoms with Crippen molar-refractivity contribution in [3.05, 3.63) is 53.6 Å². The van der Waals surface area contributed by atoms with E-state index in [0.717, 1.165) is 24.2 Å². The highest BCUT2D eigenvalue weighted by molar-refractivity contribution is 5.99. The Morgan fingerprint density at radius 2 is 1.70 bits per heavy atom. The Balaban J connectivity index is 1.41. The summed E-state index contributed by atoms with van der Waals surface area (Å²) in [7, 11) is 4.76. The number of hydrogen-bond donors (Lipinski definition) is 2. The average Bonchev–Trinajstić information content (AvgIpc) is 3.37. The first kappa shape index (κ1) is 23.1. The van der Waals surface area contributed by atoms with Crippen LogP contribution in [0.5, 0.6) is 17.2 Å². The number of hydrazine groups is 1.